The number of phenols is 1. The molecule has 2 aromatic rings. The van der Waals surface area contributed by atoms with Crippen molar-refractivity contribution in [2.75, 3.05) is 7.11 Å². The van der Waals surface area contributed by atoms with Crippen molar-refractivity contribution >= 4 is 29.2 Å². The molecule has 0 amide bonds. The fourth-order valence-corrected chi connectivity index (χ4v) is 4.55. The van der Waals surface area contributed by atoms with E-state index in [0.717, 1.165) is 5.56 Å². The molecule has 0 spiro atoms. The molecule has 156 valence electrons. The smallest absolute Gasteiger partial charge is 0.391 e. The van der Waals surface area contributed by atoms with Gasteiger partial charge in [0.1, 0.15) is 0 Å². The zero-order valence-corrected chi connectivity index (χ0v) is 17.0. The molecule has 0 radical (unpaired) electrons. The van der Waals surface area contributed by atoms with E-state index in [-0.39, 0.29) is 41.5 Å². The predicted octanol–water partition coefficient (Wildman–Crippen LogP) is 6.52. The number of ether oxygens (including phenoxy) is 1. The van der Waals surface area contributed by atoms with Crippen LogP contribution in [0.1, 0.15) is 47.2 Å². The average Bonchev–Trinajstić information content (AvgIpc) is 2.70. The number of rotatable bonds is 3. The Morgan fingerprint density at radius 3 is 2.03 bits per heavy atom. The standard InChI is InChI=1S/C21H19Cl2F3O3/c1-29-19(28)12-2-4-13(5-3-12)20(8-6-14(7-9-20)21(24,25)26)15-10-16(22)18(27)17(23)11-15/h2-5,10-11,14,27H,6-9H2,1H3. The van der Waals surface area contributed by atoms with Crippen LogP contribution in [0.3, 0.4) is 0 Å². The van der Waals surface area contributed by atoms with Crippen LogP contribution in [0.15, 0.2) is 36.4 Å². The van der Waals surface area contributed by atoms with Crippen LogP contribution in [0.2, 0.25) is 10.0 Å². The van der Waals surface area contributed by atoms with E-state index in [9.17, 15) is 23.1 Å². The molecule has 3 nitrogen and oxygen atoms in total. The summed E-state index contributed by atoms with van der Waals surface area (Å²) in [5.41, 5.74) is 0.967. The normalized spacial score (nSPS) is 22.3. The number of hydrogen-bond donors (Lipinski definition) is 1. The number of alkyl halides is 3. The highest BCUT2D eigenvalue weighted by atomic mass is 35.5. The molecule has 0 heterocycles. The summed E-state index contributed by atoms with van der Waals surface area (Å²) < 4.78 is 44.4. The van der Waals surface area contributed by atoms with Crippen molar-refractivity contribution in [1.82, 2.24) is 0 Å². The lowest BCUT2D eigenvalue weighted by Gasteiger charge is -2.42. The van der Waals surface area contributed by atoms with Gasteiger partial charge in [0, 0.05) is 5.41 Å². The van der Waals surface area contributed by atoms with E-state index in [0.29, 0.717) is 11.1 Å². The number of phenolic OH excluding ortho intramolecular Hbond substituents is 1. The van der Waals surface area contributed by atoms with Gasteiger partial charge in [0.15, 0.2) is 5.75 Å². The minimum absolute atomic E-state index is 0.0380. The van der Waals surface area contributed by atoms with Crippen molar-refractivity contribution in [3.05, 3.63) is 63.1 Å². The van der Waals surface area contributed by atoms with E-state index in [4.69, 9.17) is 27.9 Å². The molecule has 0 atom stereocenters. The molecule has 1 fully saturated rings. The molecule has 29 heavy (non-hydrogen) atoms. The number of benzene rings is 2. The molecule has 1 saturated carbocycles. The topological polar surface area (TPSA) is 46.5 Å². The molecular weight excluding hydrogens is 428 g/mol. The van der Waals surface area contributed by atoms with Crippen LogP contribution < -0.4 is 0 Å². The molecule has 1 aliphatic carbocycles. The van der Waals surface area contributed by atoms with Crippen LogP contribution in [0.5, 0.6) is 5.75 Å². The summed E-state index contributed by atoms with van der Waals surface area (Å²) in [5.74, 6) is -2.13. The number of carbonyl (C=O) groups excluding carboxylic acids is 1. The van der Waals surface area contributed by atoms with E-state index in [2.05, 4.69) is 0 Å². The van der Waals surface area contributed by atoms with Gasteiger partial charge in [-0.1, -0.05) is 35.3 Å². The zero-order chi connectivity index (χ0) is 21.4. The highest BCUT2D eigenvalue weighted by Gasteiger charge is 2.47. The number of carbonyl (C=O) groups is 1. The van der Waals surface area contributed by atoms with Crippen LogP contribution in [0, 0.1) is 5.92 Å². The summed E-state index contributed by atoms with van der Waals surface area (Å²) in [6, 6.07) is 9.70. The third-order valence-corrected chi connectivity index (χ3v) is 6.31. The van der Waals surface area contributed by atoms with E-state index in [1.165, 1.54) is 7.11 Å². The Labute approximate surface area is 176 Å². The Morgan fingerprint density at radius 2 is 1.59 bits per heavy atom. The summed E-state index contributed by atoms with van der Waals surface area (Å²) in [7, 11) is 1.27. The van der Waals surface area contributed by atoms with Crippen LogP contribution in [0.4, 0.5) is 13.2 Å². The van der Waals surface area contributed by atoms with Crippen LogP contribution >= 0.6 is 23.2 Å². The number of esters is 1. The van der Waals surface area contributed by atoms with Crippen LogP contribution in [-0.2, 0) is 10.2 Å². The van der Waals surface area contributed by atoms with Crippen molar-refractivity contribution in [1.29, 1.82) is 0 Å². The molecule has 0 bridgehead atoms. The third-order valence-electron chi connectivity index (χ3n) is 5.73. The van der Waals surface area contributed by atoms with Gasteiger partial charge in [0.2, 0.25) is 0 Å². The van der Waals surface area contributed by atoms with E-state index in [1.54, 1.807) is 36.4 Å². The first-order valence-corrected chi connectivity index (χ1v) is 9.78. The Bertz CT molecular complexity index is 879. The van der Waals surface area contributed by atoms with Crippen LogP contribution in [0.25, 0.3) is 0 Å². The number of aromatic hydroxyl groups is 1. The number of methoxy groups -OCH3 is 1. The van der Waals surface area contributed by atoms with Gasteiger partial charge in [-0.25, -0.2) is 4.79 Å². The molecule has 1 N–H and O–H groups in total. The molecule has 3 rings (SSSR count). The second kappa shape index (κ2) is 8.07. The van der Waals surface area contributed by atoms with E-state index < -0.39 is 23.5 Å². The van der Waals surface area contributed by atoms with Crippen molar-refractivity contribution in [3.8, 4) is 5.75 Å². The fourth-order valence-electron chi connectivity index (χ4n) is 4.07. The lowest BCUT2D eigenvalue weighted by molar-refractivity contribution is -0.184. The lowest BCUT2D eigenvalue weighted by Crippen LogP contribution is -2.37. The fraction of sp³-hybridized carbons (Fsp3) is 0.381. The molecule has 0 aliphatic heterocycles. The molecule has 0 aromatic heterocycles. The van der Waals surface area contributed by atoms with Crippen molar-refractivity contribution < 1.29 is 27.8 Å². The second-order valence-corrected chi connectivity index (χ2v) is 8.07. The van der Waals surface area contributed by atoms with Gasteiger partial charge in [-0.05, 0) is 61.1 Å². The average molecular weight is 447 g/mol. The number of halogens is 5. The summed E-state index contributed by atoms with van der Waals surface area (Å²) in [6.45, 7) is 0. The Hall–Kier alpha value is -1.92. The van der Waals surface area contributed by atoms with Gasteiger partial charge < -0.3 is 9.84 Å². The second-order valence-electron chi connectivity index (χ2n) is 7.26. The Kier molecular flexibility index (Phi) is 6.06. The van der Waals surface area contributed by atoms with Gasteiger partial charge in [-0.2, -0.15) is 13.2 Å². The maximum absolute atomic E-state index is 13.2. The lowest BCUT2D eigenvalue weighted by atomic mass is 9.63. The van der Waals surface area contributed by atoms with Gasteiger partial charge >= 0.3 is 12.1 Å². The molecular formula is C21H19Cl2F3O3. The van der Waals surface area contributed by atoms with Gasteiger partial charge in [0.25, 0.3) is 0 Å². The molecule has 8 heteroatoms. The van der Waals surface area contributed by atoms with E-state index >= 15 is 0 Å². The summed E-state index contributed by atoms with van der Waals surface area (Å²) >= 11 is 12.2. The maximum Gasteiger partial charge on any atom is 0.391 e. The SMILES string of the molecule is COC(=O)c1ccc(C2(c3cc(Cl)c(O)c(Cl)c3)CCC(C(F)(F)F)CC2)cc1. The van der Waals surface area contributed by atoms with Crippen molar-refractivity contribution in [3.63, 3.8) is 0 Å². The first-order valence-electron chi connectivity index (χ1n) is 9.02. The third kappa shape index (κ3) is 4.19. The van der Waals surface area contributed by atoms with Gasteiger partial charge in [-0.3, -0.25) is 0 Å². The quantitative estimate of drug-likeness (QED) is 0.545. The van der Waals surface area contributed by atoms with Gasteiger partial charge in [-0.15, -0.1) is 0 Å². The molecule has 0 saturated heterocycles. The molecule has 0 unspecified atom stereocenters. The first-order chi connectivity index (χ1) is 13.6. The minimum Gasteiger partial charge on any atom is -0.505 e. The number of hydrogen-bond acceptors (Lipinski definition) is 3. The van der Waals surface area contributed by atoms with Gasteiger partial charge in [0.05, 0.1) is 28.6 Å². The maximum atomic E-state index is 13.2. The molecule has 1 aliphatic rings. The Balaban J connectivity index is 2.07. The summed E-state index contributed by atoms with van der Waals surface area (Å²) in [5, 5.41) is 9.97. The van der Waals surface area contributed by atoms with Crippen LogP contribution in [-0.4, -0.2) is 24.4 Å². The predicted molar refractivity (Wildman–Crippen MR) is 105 cm³/mol. The largest absolute Gasteiger partial charge is 0.505 e. The minimum atomic E-state index is -4.24. The van der Waals surface area contributed by atoms with E-state index in [1.807, 2.05) is 0 Å². The summed E-state index contributed by atoms with van der Waals surface area (Å²) in [6.07, 6.45) is -3.87. The molecule has 2 aromatic carbocycles. The first kappa shape index (κ1) is 21.8. The zero-order valence-electron chi connectivity index (χ0n) is 15.5. The highest BCUT2D eigenvalue weighted by Crippen LogP contribution is 2.51. The van der Waals surface area contributed by atoms with Crippen molar-refractivity contribution in [2.24, 2.45) is 5.92 Å². The van der Waals surface area contributed by atoms with Crippen molar-refractivity contribution in [2.45, 2.75) is 37.3 Å². The Morgan fingerprint density at radius 1 is 1.07 bits per heavy atom. The summed E-state index contributed by atoms with van der Waals surface area (Å²) in [4.78, 5) is 11.7. The monoisotopic (exact) mass is 446 g/mol. The highest BCUT2D eigenvalue weighted by molar-refractivity contribution is 6.37.